The zero-order valence-electron chi connectivity index (χ0n) is 12.6. The molecular formula is C20H18O. The molecule has 0 saturated carbocycles. The van der Waals surface area contributed by atoms with Crippen molar-refractivity contribution in [3.05, 3.63) is 70.8 Å². The Balaban J connectivity index is 2.38. The van der Waals surface area contributed by atoms with Crippen LogP contribution in [0.15, 0.2) is 48.5 Å². The van der Waals surface area contributed by atoms with Crippen molar-refractivity contribution in [2.24, 2.45) is 0 Å². The smallest absolute Gasteiger partial charge is 0.151 e. The minimum atomic E-state index is 0.781. The van der Waals surface area contributed by atoms with E-state index >= 15 is 0 Å². The van der Waals surface area contributed by atoms with Crippen molar-refractivity contribution in [3.8, 4) is 11.1 Å². The summed E-state index contributed by atoms with van der Waals surface area (Å²) in [6.07, 6.45) is 0.983. The Labute approximate surface area is 125 Å². The van der Waals surface area contributed by atoms with Crippen LogP contribution in [0.2, 0.25) is 0 Å². The van der Waals surface area contributed by atoms with Gasteiger partial charge < -0.3 is 0 Å². The van der Waals surface area contributed by atoms with Crippen molar-refractivity contribution in [1.82, 2.24) is 0 Å². The number of aryl methyl sites for hydroxylation is 3. The maximum absolute atomic E-state index is 11.7. The minimum absolute atomic E-state index is 0.781. The van der Waals surface area contributed by atoms with Crippen molar-refractivity contribution >= 4 is 17.1 Å². The lowest BCUT2D eigenvalue weighted by atomic mass is 9.89. The van der Waals surface area contributed by atoms with Gasteiger partial charge in [-0.05, 0) is 53.8 Å². The highest BCUT2D eigenvalue weighted by molar-refractivity contribution is 6.05. The molecule has 0 unspecified atom stereocenters. The quantitative estimate of drug-likeness (QED) is 0.584. The summed E-state index contributed by atoms with van der Waals surface area (Å²) in [5.41, 5.74) is 6.66. The van der Waals surface area contributed by atoms with E-state index in [4.69, 9.17) is 0 Å². The van der Waals surface area contributed by atoms with Crippen LogP contribution in [-0.4, -0.2) is 6.29 Å². The van der Waals surface area contributed by atoms with Crippen molar-refractivity contribution in [2.75, 3.05) is 0 Å². The molecule has 0 heterocycles. The van der Waals surface area contributed by atoms with Gasteiger partial charge in [-0.25, -0.2) is 0 Å². The summed E-state index contributed by atoms with van der Waals surface area (Å²) in [4.78, 5) is 11.7. The first-order valence-corrected chi connectivity index (χ1v) is 7.17. The fourth-order valence-electron chi connectivity index (χ4n) is 3.25. The summed E-state index contributed by atoms with van der Waals surface area (Å²) in [6.45, 7) is 6.32. The molecule has 1 nitrogen and oxygen atoms in total. The lowest BCUT2D eigenvalue weighted by molar-refractivity contribution is 0.112. The molecule has 0 amide bonds. The first-order valence-electron chi connectivity index (χ1n) is 7.17. The molecule has 0 bridgehead atoms. The van der Waals surface area contributed by atoms with Crippen LogP contribution in [0.4, 0.5) is 0 Å². The van der Waals surface area contributed by atoms with E-state index in [0.29, 0.717) is 0 Å². The van der Waals surface area contributed by atoms with E-state index in [0.717, 1.165) is 28.2 Å². The lowest BCUT2D eigenvalue weighted by Gasteiger charge is -2.15. The predicted molar refractivity (Wildman–Crippen MR) is 89.0 cm³/mol. The fraction of sp³-hybridized carbons (Fsp3) is 0.150. The second kappa shape index (κ2) is 5.17. The van der Waals surface area contributed by atoms with Crippen LogP contribution in [0.3, 0.4) is 0 Å². The van der Waals surface area contributed by atoms with Gasteiger partial charge in [0.15, 0.2) is 6.29 Å². The number of benzene rings is 3. The third-order valence-corrected chi connectivity index (χ3v) is 4.03. The monoisotopic (exact) mass is 274 g/mol. The van der Waals surface area contributed by atoms with Crippen LogP contribution in [0.5, 0.6) is 0 Å². The highest BCUT2D eigenvalue weighted by Gasteiger charge is 2.13. The largest absolute Gasteiger partial charge is 0.298 e. The Morgan fingerprint density at radius 3 is 2.19 bits per heavy atom. The molecule has 3 aromatic carbocycles. The van der Waals surface area contributed by atoms with Crippen molar-refractivity contribution in [2.45, 2.75) is 20.8 Å². The SMILES string of the molecule is Cc1cc(C)c(-c2ccc3ccccc3c2C=O)c(C)c1. The van der Waals surface area contributed by atoms with Crippen LogP contribution >= 0.6 is 0 Å². The van der Waals surface area contributed by atoms with E-state index in [2.05, 4.69) is 45.0 Å². The maximum atomic E-state index is 11.7. The minimum Gasteiger partial charge on any atom is -0.298 e. The number of hydrogen-bond donors (Lipinski definition) is 0. The molecule has 0 aliphatic rings. The number of hydrogen-bond acceptors (Lipinski definition) is 1. The molecule has 0 fully saturated rings. The van der Waals surface area contributed by atoms with E-state index in [1.807, 2.05) is 24.3 Å². The van der Waals surface area contributed by atoms with Gasteiger partial charge in [-0.2, -0.15) is 0 Å². The molecule has 3 rings (SSSR count). The summed E-state index contributed by atoms with van der Waals surface area (Å²) < 4.78 is 0. The third-order valence-electron chi connectivity index (χ3n) is 4.03. The maximum Gasteiger partial charge on any atom is 0.151 e. The second-order valence-electron chi connectivity index (χ2n) is 5.64. The molecule has 0 atom stereocenters. The molecule has 0 aromatic heterocycles. The molecule has 3 aromatic rings. The zero-order valence-corrected chi connectivity index (χ0v) is 12.6. The molecule has 0 aliphatic heterocycles. The van der Waals surface area contributed by atoms with Crippen molar-refractivity contribution in [1.29, 1.82) is 0 Å². The van der Waals surface area contributed by atoms with Crippen LogP contribution in [0.25, 0.3) is 21.9 Å². The Bertz CT molecular complexity index is 821. The van der Waals surface area contributed by atoms with Gasteiger partial charge >= 0.3 is 0 Å². The van der Waals surface area contributed by atoms with Gasteiger partial charge in [-0.15, -0.1) is 0 Å². The van der Waals surface area contributed by atoms with Crippen LogP contribution in [-0.2, 0) is 0 Å². The number of fused-ring (bicyclic) bond motifs is 1. The number of rotatable bonds is 2. The summed E-state index contributed by atoms with van der Waals surface area (Å²) in [6, 6.07) is 16.5. The average Bonchev–Trinajstić information content (AvgIpc) is 2.45. The van der Waals surface area contributed by atoms with Gasteiger partial charge in [-0.1, -0.05) is 54.1 Å². The summed E-state index contributed by atoms with van der Waals surface area (Å²) >= 11 is 0. The van der Waals surface area contributed by atoms with Gasteiger partial charge in [-0.3, -0.25) is 4.79 Å². The molecule has 1 heteroatoms. The van der Waals surface area contributed by atoms with Crippen LogP contribution in [0, 0.1) is 20.8 Å². The fourth-order valence-corrected chi connectivity index (χ4v) is 3.25. The van der Waals surface area contributed by atoms with E-state index in [-0.39, 0.29) is 0 Å². The van der Waals surface area contributed by atoms with Crippen molar-refractivity contribution in [3.63, 3.8) is 0 Å². The molecule has 21 heavy (non-hydrogen) atoms. The Kier molecular flexibility index (Phi) is 3.34. The van der Waals surface area contributed by atoms with Crippen molar-refractivity contribution < 1.29 is 4.79 Å². The van der Waals surface area contributed by atoms with Gasteiger partial charge in [0.05, 0.1) is 0 Å². The number of carbonyl (C=O) groups excluding carboxylic acids is 1. The van der Waals surface area contributed by atoms with Gasteiger partial charge in [0.25, 0.3) is 0 Å². The number of carbonyl (C=O) groups is 1. The third kappa shape index (κ3) is 2.25. The summed E-state index contributed by atoms with van der Waals surface area (Å²) in [5.74, 6) is 0. The molecule has 0 aliphatic carbocycles. The van der Waals surface area contributed by atoms with Gasteiger partial charge in [0.2, 0.25) is 0 Å². The van der Waals surface area contributed by atoms with E-state index < -0.39 is 0 Å². The number of aldehydes is 1. The van der Waals surface area contributed by atoms with Crippen LogP contribution in [0.1, 0.15) is 27.0 Å². The highest BCUT2D eigenvalue weighted by atomic mass is 16.1. The predicted octanol–water partition coefficient (Wildman–Crippen LogP) is 5.24. The Morgan fingerprint density at radius 2 is 1.52 bits per heavy atom. The molecule has 0 spiro atoms. The van der Waals surface area contributed by atoms with Gasteiger partial charge in [0.1, 0.15) is 0 Å². The molecule has 0 N–H and O–H groups in total. The van der Waals surface area contributed by atoms with E-state index in [9.17, 15) is 4.79 Å². The lowest BCUT2D eigenvalue weighted by Crippen LogP contribution is -1.95. The summed E-state index contributed by atoms with van der Waals surface area (Å²) in [7, 11) is 0. The zero-order chi connectivity index (χ0) is 15.0. The highest BCUT2D eigenvalue weighted by Crippen LogP contribution is 2.34. The molecule has 0 saturated heterocycles. The standard InChI is InChI=1S/C20H18O/c1-13-10-14(2)20(15(3)11-13)18-9-8-16-6-4-5-7-17(16)19(18)12-21/h4-12H,1-3H3. The first kappa shape index (κ1) is 13.6. The van der Waals surface area contributed by atoms with E-state index in [1.54, 1.807) is 0 Å². The molecule has 0 radical (unpaired) electrons. The average molecular weight is 274 g/mol. The topological polar surface area (TPSA) is 17.1 Å². The molecular weight excluding hydrogens is 256 g/mol. The first-order chi connectivity index (χ1) is 10.1. The van der Waals surface area contributed by atoms with Crippen LogP contribution < -0.4 is 0 Å². The van der Waals surface area contributed by atoms with Gasteiger partial charge in [0, 0.05) is 5.56 Å². The second-order valence-corrected chi connectivity index (χ2v) is 5.64. The normalized spacial score (nSPS) is 10.8. The summed E-state index contributed by atoms with van der Waals surface area (Å²) in [5, 5.41) is 2.12. The van der Waals surface area contributed by atoms with E-state index in [1.165, 1.54) is 22.3 Å². The Morgan fingerprint density at radius 1 is 0.857 bits per heavy atom. The Hall–Kier alpha value is -2.41. The molecule has 104 valence electrons.